The fourth-order valence-electron chi connectivity index (χ4n) is 4.42. The van der Waals surface area contributed by atoms with Crippen LogP contribution in [0.5, 0.6) is 0 Å². The number of oxazole rings is 1. The highest BCUT2D eigenvalue weighted by Crippen LogP contribution is 2.21. The maximum absolute atomic E-state index is 12.6. The maximum atomic E-state index is 12.6. The summed E-state index contributed by atoms with van der Waals surface area (Å²) in [7, 11) is 0. The first-order valence-electron chi connectivity index (χ1n) is 12.4. The lowest BCUT2D eigenvalue weighted by Crippen LogP contribution is -2.44. The zero-order chi connectivity index (χ0) is 25.5. The molecular weight excluding hydrogens is 462 g/mol. The average molecular weight is 496 g/mol. The lowest BCUT2D eigenvalue weighted by atomic mass is 10.1. The summed E-state index contributed by atoms with van der Waals surface area (Å²) in [4.78, 5) is 40.7. The third kappa shape index (κ3) is 6.13. The van der Waals surface area contributed by atoms with Crippen LogP contribution in [0.1, 0.15) is 35.7 Å². The molecule has 0 bridgehead atoms. The Morgan fingerprint density at radius 1 is 1.17 bits per heavy atom. The van der Waals surface area contributed by atoms with E-state index in [0.717, 1.165) is 51.1 Å². The van der Waals surface area contributed by atoms with Gasteiger partial charge >= 0.3 is 11.8 Å². The van der Waals surface area contributed by atoms with E-state index in [2.05, 4.69) is 15.5 Å². The number of nitrogens with zero attached hydrogens (tertiary/aromatic N) is 3. The monoisotopic (exact) mass is 495 g/mol. The Bertz CT molecular complexity index is 1260. The number of aromatic nitrogens is 1. The lowest BCUT2D eigenvalue weighted by molar-refractivity contribution is 0.0953. The van der Waals surface area contributed by atoms with E-state index < -0.39 is 11.8 Å². The number of hydrogen-bond acceptors (Lipinski definition) is 6. The Morgan fingerprint density at radius 2 is 1.97 bits per heavy atom. The normalized spacial score (nSPS) is 14.1. The first kappa shape index (κ1) is 25.5. The lowest BCUT2D eigenvalue weighted by Gasteiger charge is -2.28. The summed E-state index contributed by atoms with van der Waals surface area (Å²) < 4.78 is 6.83. The summed E-state index contributed by atoms with van der Waals surface area (Å²) in [6.45, 7) is 7.81. The van der Waals surface area contributed by atoms with Crippen molar-refractivity contribution in [3.8, 4) is 0 Å². The average Bonchev–Trinajstić information content (AvgIpc) is 3.19. The zero-order valence-electron chi connectivity index (χ0n) is 20.5. The van der Waals surface area contributed by atoms with Gasteiger partial charge in [-0.15, -0.1) is 0 Å². The molecule has 10 heteroatoms. The first-order valence-corrected chi connectivity index (χ1v) is 12.4. The van der Waals surface area contributed by atoms with Crippen molar-refractivity contribution in [3.05, 3.63) is 64.1 Å². The smallest absolute Gasteiger partial charge is 0.420 e. The van der Waals surface area contributed by atoms with Crippen LogP contribution in [0, 0.1) is 0 Å². The van der Waals surface area contributed by atoms with Crippen LogP contribution < -0.4 is 21.3 Å². The molecule has 2 aromatic carbocycles. The van der Waals surface area contributed by atoms with Gasteiger partial charge in [-0.05, 0) is 55.3 Å². The van der Waals surface area contributed by atoms with Crippen LogP contribution in [0.15, 0.2) is 51.7 Å². The van der Waals surface area contributed by atoms with Crippen molar-refractivity contribution in [1.82, 2.24) is 20.1 Å². The molecule has 1 fully saturated rings. The molecule has 0 atom stereocenters. The van der Waals surface area contributed by atoms with Gasteiger partial charge in [0.05, 0.1) is 12.1 Å². The highest BCUT2D eigenvalue weighted by Gasteiger charge is 2.18. The molecule has 0 radical (unpaired) electrons. The molecule has 0 spiro atoms. The van der Waals surface area contributed by atoms with Crippen molar-refractivity contribution in [3.63, 3.8) is 0 Å². The van der Waals surface area contributed by atoms with E-state index in [1.165, 1.54) is 9.47 Å². The van der Waals surface area contributed by atoms with Gasteiger partial charge in [0.1, 0.15) is 0 Å². The molecule has 10 nitrogen and oxygen atoms in total. The number of carbonyl (C=O) groups excluding carboxylic acids is 1. The number of carbonyl (C=O) groups is 2. The molecule has 3 aromatic rings. The van der Waals surface area contributed by atoms with E-state index in [1.807, 2.05) is 13.0 Å². The van der Waals surface area contributed by atoms with Crippen molar-refractivity contribution in [2.24, 2.45) is 0 Å². The molecule has 1 saturated heterocycles. The van der Waals surface area contributed by atoms with Crippen LogP contribution in [-0.4, -0.2) is 72.4 Å². The third-order valence-corrected chi connectivity index (χ3v) is 6.32. The molecule has 2 amide bonds. The predicted molar refractivity (Wildman–Crippen MR) is 138 cm³/mol. The molecule has 4 rings (SSSR count). The summed E-state index contributed by atoms with van der Waals surface area (Å²) >= 11 is 0. The van der Waals surface area contributed by atoms with Crippen molar-refractivity contribution in [2.75, 3.05) is 50.7 Å². The van der Waals surface area contributed by atoms with Gasteiger partial charge in [0.2, 0.25) is 0 Å². The number of benzene rings is 2. The predicted octanol–water partition coefficient (Wildman–Crippen LogP) is 2.56. The van der Waals surface area contributed by atoms with Gasteiger partial charge in [-0.25, -0.2) is 9.59 Å². The van der Waals surface area contributed by atoms with Crippen LogP contribution in [-0.2, 0) is 6.54 Å². The van der Waals surface area contributed by atoms with Crippen LogP contribution >= 0.6 is 0 Å². The Morgan fingerprint density at radius 3 is 2.72 bits per heavy atom. The second kappa shape index (κ2) is 11.9. The van der Waals surface area contributed by atoms with Gasteiger partial charge in [0.15, 0.2) is 5.58 Å². The van der Waals surface area contributed by atoms with Crippen molar-refractivity contribution in [1.29, 1.82) is 0 Å². The third-order valence-electron chi connectivity index (χ3n) is 6.32. The van der Waals surface area contributed by atoms with E-state index in [1.54, 1.807) is 36.4 Å². The van der Waals surface area contributed by atoms with E-state index in [-0.39, 0.29) is 12.5 Å². The molecule has 1 aromatic heterocycles. The van der Waals surface area contributed by atoms with Crippen LogP contribution in [0.3, 0.4) is 0 Å². The quantitative estimate of drug-likeness (QED) is 0.395. The minimum atomic E-state index is -1.01. The summed E-state index contributed by atoms with van der Waals surface area (Å²) in [6.07, 6.45) is 0.538. The fourth-order valence-corrected chi connectivity index (χ4v) is 4.42. The van der Waals surface area contributed by atoms with E-state index >= 15 is 0 Å². The second-order valence-electron chi connectivity index (χ2n) is 8.94. The number of hydrogen-bond donors (Lipinski definition) is 3. The number of anilines is 1. The van der Waals surface area contributed by atoms with Crippen LogP contribution in [0.2, 0.25) is 0 Å². The summed E-state index contributed by atoms with van der Waals surface area (Å²) in [6, 6.07) is 12.1. The first-order chi connectivity index (χ1) is 17.5. The van der Waals surface area contributed by atoms with Gasteiger partial charge in [-0.3, -0.25) is 14.3 Å². The van der Waals surface area contributed by atoms with Gasteiger partial charge in [0.25, 0.3) is 5.91 Å². The largest absolute Gasteiger partial charge is 0.465 e. The minimum Gasteiger partial charge on any atom is -0.465 e. The van der Waals surface area contributed by atoms with Crippen molar-refractivity contribution < 1.29 is 19.1 Å². The number of rotatable bonds is 10. The highest BCUT2D eigenvalue weighted by molar-refractivity contribution is 5.97. The van der Waals surface area contributed by atoms with Gasteiger partial charge in [-0.2, -0.15) is 0 Å². The number of piperazine rings is 1. The topological polar surface area (TPSA) is 120 Å². The zero-order valence-corrected chi connectivity index (χ0v) is 20.5. The Kier molecular flexibility index (Phi) is 8.40. The van der Waals surface area contributed by atoms with E-state index in [0.29, 0.717) is 35.4 Å². The molecule has 0 unspecified atom stereocenters. The molecule has 192 valence electrons. The molecule has 0 saturated carbocycles. The molecule has 3 N–H and O–H groups in total. The van der Waals surface area contributed by atoms with Crippen LogP contribution in [0.4, 0.5) is 10.5 Å². The number of fused-ring (bicyclic) bond motifs is 1. The molecule has 1 aliphatic rings. The highest BCUT2D eigenvalue weighted by atomic mass is 16.4. The molecule has 0 aliphatic carbocycles. The van der Waals surface area contributed by atoms with Gasteiger partial charge in [-0.1, -0.05) is 19.1 Å². The summed E-state index contributed by atoms with van der Waals surface area (Å²) in [5.41, 5.74) is 2.66. The van der Waals surface area contributed by atoms with E-state index in [9.17, 15) is 19.5 Å². The maximum Gasteiger partial charge on any atom is 0.420 e. The van der Waals surface area contributed by atoms with Crippen molar-refractivity contribution in [2.45, 2.75) is 26.3 Å². The number of carboxylic acid groups (broad SMARTS) is 1. The number of nitrogens with one attached hydrogen (secondary N) is 2. The fraction of sp³-hybridized carbons (Fsp3) is 0.423. The van der Waals surface area contributed by atoms with Gasteiger partial charge in [0, 0.05) is 50.5 Å². The second-order valence-corrected chi connectivity index (χ2v) is 8.94. The molecule has 2 heterocycles. The minimum absolute atomic E-state index is 0.188. The molecule has 1 aliphatic heterocycles. The molecule has 36 heavy (non-hydrogen) atoms. The van der Waals surface area contributed by atoms with Crippen molar-refractivity contribution >= 4 is 28.8 Å². The molecular formula is C26H33N5O5. The van der Waals surface area contributed by atoms with E-state index in [4.69, 9.17) is 4.42 Å². The Balaban J connectivity index is 1.51. The van der Waals surface area contributed by atoms with Gasteiger partial charge < -0.3 is 25.1 Å². The standard InChI is InChI=1S/C26H33N5O5/c1-2-9-28-24(32)20-7-8-23-22(17-20)31(26(35)36-23)18-19-5-3-6-21(16-19)30(25(33)34)13-4-12-29-14-10-27-11-15-29/h3,5-8,16-17,27H,2,4,9-15,18H2,1H3,(H,28,32)(H,33,34). The Labute approximate surface area is 209 Å². The SMILES string of the molecule is CCCNC(=O)c1ccc2oc(=O)n(Cc3cccc(N(CCCN4CCNCC4)C(=O)O)c3)c2c1. The van der Waals surface area contributed by atoms with Crippen LogP contribution in [0.25, 0.3) is 11.1 Å². The Hall–Kier alpha value is -3.63. The number of amides is 2. The summed E-state index contributed by atoms with van der Waals surface area (Å²) in [5.74, 6) is -0.744. The summed E-state index contributed by atoms with van der Waals surface area (Å²) in [5, 5.41) is 16.0.